The fraction of sp³-hybridized carbons (Fsp3) is 0.0500. The van der Waals surface area contributed by atoms with Gasteiger partial charge in [0.25, 0.3) is 0 Å². The lowest BCUT2D eigenvalue weighted by Gasteiger charge is -2.05. The van der Waals surface area contributed by atoms with Crippen molar-refractivity contribution < 1.29 is 4.79 Å². The Hall–Kier alpha value is -3.07. The summed E-state index contributed by atoms with van der Waals surface area (Å²) in [5.41, 5.74) is 15.8. The Kier molecular flexibility index (Phi) is 5.95. The zero-order chi connectivity index (χ0) is 16.5. The van der Waals surface area contributed by atoms with Crippen molar-refractivity contribution in [3.8, 4) is 11.1 Å². The first-order valence-corrected chi connectivity index (χ1v) is 7.37. The van der Waals surface area contributed by atoms with Gasteiger partial charge in [0.05, 0.1) is 0 Å². The van der Waals surface area contributed by atoms with Gasteiger partial charge in [0.15, 0.2) is 0 Å². The molecule has 116 valence electrons. The van der Waals surface area contributed by atoms with Crippen molar-refractivity contribution in [1.29, 1.82) is 0 Å². The Morgan fingerprint density at radius 2 is 1.13 bits per heavy atom. The van der Waals surface area contributed by atoms with E-state index in [0.29, 0.717) is 0 Å². The van der Waals surface area contributed by atoms with E-state index < -0.39 is 0 Å². The van der Waals surface area contributed by atoms with E-state index in [9.17, 15) is 0 Å². The summed E-state index contributed by atoms with van der Waals surface area (Å²) in [5.74, 6) is 0. The van der Waals surface area contributed by atoms with Gasteiger partial charge in [0.2, 0.25) is 6.41 Å². The van der Waals surface area contributed by atoms with Crippen molar-refractivity contribution in [3.05, 3.63) is 90.0 Å². The van der Waals surface area contributed by atoms with Gasteiger partial charge in [-0.2, -0.15) is 0 Å². The molecule has 23 heavy (non-hydrogen) atoms. The van der Waals surface area contributed by atoms with Crippen LogP contribution in [0.3, 0.4) is 0 Å². The van der Waals surface area contributed by atoms with Crippen molar-refractivity contribution >= 4 is 12.1 Å². The molecule has 3 aromatic rings. The number of nitrogens with two attached hydrogens (primary N) is 2. The molecule has 0 heterocycles. The molecule has 0 aliphatic heterocycles. The molecule has 0 unspecified atom stereocenters. The molecule has 0 saturated carbocycles. The fourth-order valence-corrected chi connectivity index (χ4v) is 2.32. The normalized spacial score (nSPS) is 9.57. The highest BCUT2D eigenvalue weighted by atomic mass is 16.1. The molecule has 0 bridgehead atoms. The average Bonchev–Trinajstić information content (AvgIpc) is 2.59. The maximum atomic E-state index is 8.58. The minimum Gasteiger partial charge on any atom is -0.399 e. The van der Waals surface area contributed by atoms with E-state index in [-0.39, 0.29) is 6.41 Å². The Bertz CT molecular complexity index is 720. The topological polar surface area (TPSA) is 69.1 Å². The van der Waals surface area contributed by atoms with E-state index in [1.807, 2.05) is 18.2 Å². The second-order valence-corrected chi connectivity index (χ2v) is 5.12. The molecule has 1 amide bonds. The number of amides is 1. The predicted octanol–water partition coefficient (Wildman–Crippen LogP) is 3.63. The van der Waals surface area contributed by atoms with Crippen molar-refractivity contribution in [1.82, 2.24) is 0 Å². The summed E-state index contributed by atoms with van der Waals surface area (Å²) in [5, 5.41) is 0. The summed E-state index contributed by atoms with van der Waals surface area (Å²) in [6, 6.07) is 27.3. The quantitative estimate of drug-likeness (QED) is 0.573. The van der Waals surface area contributed by atoms with Gasteiger partial charge in [-0.15, -0.1) is 0 Å². The molecular formula is C20H20N2O. The molecule has 3 nitrogen and oxygen atoms in total. The third-order valence-corrected chi connectivity index (χ3v) is 3.45. The molecular weight excluding hydrogens is 284 g/mol. The Morgan fingerprint density at radius 3 is 1.65 bits per heavy atom. The van der Waals surface area contributed by atoms with Crippen molar-refractivity contribution in [2.45, 2.75) is 6.42 Å². The SMILES string of the molecule is NC=O.Nc1ccc(Cc2ccc(-c3ccccc3)cc2)cc1. The first-order chi connectivity index (χ1) is 11.2. The van der Waals surface area contributed by atoms with Gasteiger partial charge in [0.1, 0.15) is 0 Å². The molecule has 0 aliphatic carbocycles. The predicted molar refractivity (Wildman–Crippen MR) is 95.8 cm³/mol. The number of hydrogen-bond acceptors (Lipinski definition) is 2. The maximum Gasteiger partial charge on any atom is 0.204 e. The van der Waals surface area contributed by atoms with Crippen LogP contribution < -0.4 is 11.5 Å². The number of hydrogen-bond donors (Lipinski definition) is 2. The third-order valence-electron chi connectivity index (χ3n) is 3.45. The lowest BCUT2D eigenvalue weighted by molar-refractivity contribution is -0.106. The van der Waals surface area contributed by atoms with Crippen LogP contribution in [0.15, 0.2) is 78.9 Å². The van der Waals surface area contributed by atoms with Gasteiger partial charge in [-0.05, 0) is 40.8 Å². The van der Waals surface area contributed by atoms with Crippen LogP contribution in [0.4, 0.5) is 5.69 Å². The third kappa shape index (κ3) is 5.00. The van der Waals surface area contributed by atoms with E-state index in [0.717, 1.165) is 12.1 Å². The van der Waals surface area contributed by atoms with E-state index in [4.69, 9.17) is 10.5 Å². The van der Waals surface area contributed by atoms with Crippen LogP contribution in [0, 0.1) is 0 Å². The van der Waals surface area contributed by atoms with Crippen LogP contribution in [-0.4, -0.2) is 6.41 Å². The lowest BCUT2D eigenvalue weighted by Crippen LogP contribution is -1.90. The summed E-state index contributed by atoms with van der Waals surface area (Å²) in [6.45, 7) is 0. The van der Waals surface area contributed by atoms with Crippen LogP contribution in [0.1, 0.15) is 11.1 Å². The smallest absolute Gasteiger partial charge is 0.204 e. The number of benzene rings is 3. The molecule has 3 heteroatoms. The molecule has 0 aliphatic rings. The summed E-state index contributed by atoms with van der Waals surface area (Å²) < 4.78 is 0. The lowest BCUT2D eigenvalue weighted by atomic mass is 10.0. The van der Waals surface area contributed by atoms with Gasteiger partial charge in [-0.25, -0.2) is 0 Å². The second kappa shape index (κ2) is 8.39. The number of anilines is 1. The van der Waals surface area contributed by atoms with Gasteiger partial charge in [0, 0.05) is 5.69 Å². The molecule has 3 aromatic carbocycles. The highest BCUT2D eigenvalue weighted by Crippen LogP contribution is 2.20. The van der Waals surface area contributed by atoms with E-state index in [2.05, 4.69) is 66.4 Å². The van der Waals surface area contributed by atoms with Crippen LogP contribution in [-0.2, 0) is 11.2 Å². The van der Waals surface area contributed by atoms with E-state index >= 15 is 0 Å². The minimum absolute atomic E-state index is 0.250. The molecule has 0 aromatic heterocycles. The summed E-state index contributed by atoms with van der Waals surface area (Å²) in [6.07, 6.45) is 1.19. The van der Waals surface area contributed by atoms with Crippen molar-refractivity contribution in [3.63, 3.8) is 0 Å². The number of rotatable bonds is 3. The van der Waals surface area contributed by atoms with Crippen LogP contribution in [0.2, 0.25) is 0 Å². The second-order valence-electron chi connectivity index (χ2n) is 5.12. The molecule has 0 spiro atoms. The van der Waals surface area contributed by atoms with Gasteiger partial charge in [-0.3, -0.25) is 4.79 Å². The molecule has 0 radical (unpaired) electrons. The Labute approximate surface area is 136 Å². The molecule has 4 N–H and O–H groups in total. The number of primary amides is 1. The van der Waals surface area contributed by atoms with Crippen molar-refractivity contribution in [2.24, 2.45) is 5.73 Å². The largest absolute Gasteiger partial charge is 0.399 e. The monoisotopic (exact) mass is 304 g/mol. The Balaban J connectivity index is 0.000000595. The average molecular weight is 304 g/mol. The number of carbonyl (C=O) groups is 1. The van der Waals surface area contributed by atoms with Crippen LogP contribution in [0.25, 0.3) is 11.1 Å². The Morgan fingerprint density at radius 1 is 0.696 bits per heavy atom. The minimum atomic E-state index is 0.250. The highest BCUT2D eigenvalue weighted by molar-refractivity contribution is 5.63. The first-order valence-electron chi connectivity index (χ1n) is 7.37. The van der Waals surface area contributed by atoms with Gasteiger partial charge < -0.3 is 11.5 Å². The maximum absolute atomic E-state index is 8.58. The number of carbonyl (C=O) groups excluding carboxylic acids is 1. The summed E-state index contributed by atoms with van der Waals surface area (Å²) >= 11 is 0. The summed E-state index contributed by atoms with van der Waals surface area (Å²) in [4.78, 5) is 8.58. The van der Waals surface area contributed by atoms with Gasteiger partial charge in [-0.1, -0.05) is 66.7 Å². The number of nitrogen functional groups attached to an aromatic ring is 1. The highest BCUT2D eigenvalue weighted by Gasteiger charge is 1.99. The molecule has 3 rings (SSSR count). The molecule has 0 saturated heterocycles. The van der Waals surface area contributed by atoms with E-state index in [1.54, 1.807) is 0 Å². The molecule has 0 fully saturated rings. The summed E-state index contributed by atoms with van der Waals surface area (Å²) in [7, 11) is 0. The van der Waals surface area contributed by atoms with Crippen LogP contribution in [0.5, 0.6) is 0 Å². The zero-order valence-corrected chi connectivity index (χ0v) is 12.9. The van der Waals surface area contributed by atoms with E-state index in [1.165, 1.54) is 22.3 Å². The van der Waals surface area contributed by atoms with Crippen LogP contribution >= 0.6 is 0 Å². The first kappa shape index (κ1) is 16.3. The zero-order valence-electron chi connectivity index (χ0n) is 12.9. The molecule has 0 atom stereocenters. The van der Waals surface area contributed by atoms with Gasteiger partial charge >= 0.3 is 0 Å². The fourth-order valence-electron chi connectivity index (χ4n) is 2.32. The van der Waals surface area contributed by atoms with Crippen molar-refractivity contribution in [2.75, 3.05) is 5.73 Å². The standard InChI is InChI=1S/C19H17N.CH3NO/c20-19-12-8-16(9-13-19)14-15-6-10-18(11-7-15)17-4-2-1-3-5-17;2-1-3/h1-13H,14,20H2;1H,(H2,2,3).